The van der Waals surface area contributed by atoms with Crippen molar-refractivity contribution in [2.75, 3.05) is 6.61 Å². The number of alkyl halides is 5. The summed E-state index contributed by atoms with van der Waals surface area (Å²) in [6, 6.07) is 5.43. The summed E-state index contributed by atoms with van der Waals surface area (Å²) in [5, 5.41) is 0. The van der Waals surface area contributed by atoms with E-state index in [0.29, 0.717) is 24.3 Å². The summed E-state index contributed by atoms with van der Waals surface area (Å²) in [6.45, 7) is 2.47. The summed E-state index contributed by atoms with van der Waals surface area (Å²) in [7, 11) is 0. The molecule has 1 aromatic rings. The van der Waals surface area contributed by atoms with E-state index in [0.717, 1.165) is 6.42 Å². The van der Waals surface area contributed by atoms with E-state index >= 15 is 8.78 Å². The minimum atomic E-state index is -3.63. The first kappa shape index (κ1) is 24.3. The fourth-order valence-electron chi connectivity index (χ4n) is 4.50. The van der Waals surface area contributed by atoms with Gasteiger partial charge in [0.2, 0.25) is 5.67 Å². The normalized spacial score (nSPS) is 38.6. The zero-order chi connectivity index (χ0) is 22.8. The molecule has 2 saturated carbocycles. The maximum atomic E-state index is 15.6. The first-order valence-corrected chi connectivity index (χ1v) is 11.0. The lowest BCUT2D eigenvalue weighted by atomic mass is 9.65. The number of benzene rings is 1. The van der Waals surface area contributed by atoms with Gasteiger partial charge in [0.15, 0.2) is 18.0 Å². The van der Waals surface area contributed by atoms with E-state index in [1.165, 1.54) is 24.3 Å². The van der Waals surface area contributed by atoms with Crippen molar-refractivity contribution >= 4 is 18.6 Å². The van der Waals surface area contributed by atoms with Crippen LogP contribution in [0.1, 0.15) is 45.4 Å². The maximum absolute atomic E-state index is 15.6. The lowest BCUT2D eigenvalue weighted by Crippen LogP contribution is -2.67. The third-order valence-corrected chi connectivity index (χ3v) is 6.62. The Labute approximate surface area is 184 Å². The van der Waals surface area contributed by atoms with Crippen LogP contribution < -0.4 is 4.74 Å². The lowest BCUT2D eigenvalue weighted by molar-refractivity contribution is -0.196. The van der Waals surface area contributed by atoms with E-state index in [1.807, 2.05) is 6.92 Å². The number of carbonyl (C=O) groups excluding carboxylic acids is 1. The van der Waals surface area contributed by atoms with Crippen LogP contribution in [-0.4, -0.2) is 48.5 Å². The van der Waals surface area contributed by atoms with Crippen LogP contribution in [0.25, 0.3) is 0 Å². The molecule has 1 aromatic carbocycles. The molecule has 0 N–H and O–H groups in total. The molecule has 0 bridgehead atoms. The number of thiol groups is 1. The molecule has 0 aromatic heterocycles. The molecule has 3 rings (SSSR count). The average Bonchev–Trinajstić information content (AvgIpc) is 2.76. The molecule has 2 fully saturated rings. The second-order valence-corrected chi connectivity index (χ2v) is 8.91. The molecule has 9 heteroatoms. The molecule has 0 amide bonds. The van der Waals surface area contributed by atoms with E-state index in [-0.39, 0.29) is 24.7 Å². The van der Waals surface area contributed by atoms with Gasteiger partial charge in [0.25, 0.3) is 0 Å². The molecular formula is C22H27F5O3S. The predicted octanol–water partition coefficient (Wildman–Crippen LogP) is 5.70. The van der Waals surface area contributed by atoms with Gasteiger partial charge in [0, 0.05) is 17.9 Å². The van der Waals surface area contributed by atoms with E-state index in [1.54, 1.807) is 0 Å². The van der Waals surface area contributed by atoms with Gasteiger partial charge in [-0.2, -0.15) is 0 Å². The van der Waals surface area contributed by atoms with Gasteiger partial charge < -0.3 is 9.47 Å². The molecule has 0 spiro atoms. The van der Waals surface area contributed by atoms with Gasteiger partial charge in [-0.15, -0.1) is 12.6 Å². The van der Waals surface area contributed by atoms with Crippen LogP contribution in [0.15, 0.2) is 29.2 Å². The summed E-state index contributed by atoms with van der Waals surface area (Å²) < 4.78 is 85.8. The minimum absolute atomic E-state index is 0.0955. The second-order valence-electron chi connectivity index (χ2n) is 8.39. The van der Waals surface area contributed by atoms with Crippen molar-refractivity contribution in [1.82, 2.24) is 0 Å². The summed E-state index contributed by atoms with van der Waals surface area (Å²) >= 11 is 4.05. The molecule has 5 atom stereocenters. The highest BCUT2D eigenvalue weighted by Gasteiger charge is 2.70. The number of halogens is 5. The van der Waals surface area contributed by atoms with Crippen LogP contribution in [-0.2, 0) is 9.53 Å². The van der Waals surface area contributed by atoms with Crippen LogP contribution >= 0.6 is 12.6 Å². The van der Waals surface area contributed by atoms with Crippen molar-refractivity contribution in [3.8, 4) is 5.75 Å². The molecule has 0 radical (unpaired) electrons. The van der Waals surface area contributed by atoms with Gasteiger partial charge in [-0.25, -0.2) is 26.7 Å². The smallest absolute Gasteiger partial charge is 0.352 e. The fourth-order valence-corrected chi connectivity index (χ4v) is 4.65. The Balaban J connectivity index is 1.71. The van der Waals surface area contributed by atoms with Gasteiger partial charge >= 0.3 is 5.97 Å². The second kappa shape index (κ2) is 9.65. The molecule has 0 aliphatic heterocycles. The van der Waals surface area contributed by atoms with Crippen molar-refractivity contribution in [3.63, 3.8) is 0 Å². The van der Waals surface area contributed by atoms with E-state index in [2.05, 4.69) is 12.6 Å². The Morgan fingerprint density at radius 2 is 1.68 bits per heavy atom. The van der Waals surface area contributed by atoms with E-state index in [9.17, 15) is 18.0 Å². The van der Waals surface area contributed by atoms with Gasteiger partial charge in [0.1, 0.15) is 11.9 Å². The van der Waals surface area contributed by atoms with Crippen molar-refractivity contribution in [1.29, 1.82) is 0 Å². The first-order chi connectivity index (χ1) is 14.6. The SMILES string of the molecule is CCCOC1CCC(C2(F)C(F)CC(F)(C(=O)Oc3ccc(S)cc3)C(F)C2F)CC1. The van der Waals surface area contributed by atoms with Crippen LogP contribution in [0, 0.1) is 5.92 Å². The van der Waals surface area contributed by atoms with Crippen LogP contribution in [0.4, 0.5) is 22.0 Å². The largest absolute Gasteiger partial charge is 0.424 e. The zero-order valence-electron chi connectivity index (χ0n) is 17.2. The number of hydrogen-bond donors (Lipinski definition) is 1. The van der Waals surface area contributed by atoms with Crippen molar-refractivity contribution in [2.24, 2.45) is 5.92 Å². The Hall–Kier alpha value is -1.35. The molecule has 0 heterocycles. The third-order valence-electron chi connectivity index (χ3n) is 6.32. The molecule has 174 valence electrons. The standard InChI is InChI=1S/C22H27F5O3S/c1-2-11-29-14-5-3-13(4-6-14)22(27)17(23)12-21(26,18(24)19(22)25)20(28)30-15-7-9-16(31)10-8-15/h7-10,13-14,17-19,31H,2-6,11-12H2,1H3. The highest BCUT2D eigenvalue weighted by atomic mass is 32.1. The topological polar surface area (TPSA) is 35.5 Å². The summed E-state index contributed by atoms with van der Waals surface area (Å²) in [5.41, 5.74) is -6.84. The van der Waals surface area contributed by atoms with Crippen molar-refractivity contribution < 1.29 is 36.2 Å². The molecule has 31 heavy (non-hydrogen) atoms. The van der Waals surface area contributed by atoms with Crippen molar-refractivity contribution in [3.05, 3.63) is 24.3 Å². The Bertz CT molecular complexity index is 758. The fraction of sp³-hybridized carbons (Fsp3) is 0.682. The number of carbonyl (C=O) groups is 1. The number of hydrogen-bond acceptors (Lipinski definition) is 4. The quantitative estimate of drug-likeness (QED) is 0.253. The Morgan fingerprint density at radius 1 is 1.06 bits per heavy atom. The molecule has 5 unspecified atom stereocenters. The highest BCUT2D eigenvalue weighted by Crippen LogP contribution is 2.52. The number of ether oxygens (including phenoxy) is 2. The highest BCUT2D eigenvalue weighted by molar-refractivity contribution is 7.80. The molecular weight excluding hydrogens is 439 g/mol. The average molecular weight is 467 g/mol. The van der Waals surface area contributed by atoms with Gasteiger partial charge in [-0.3, -0.25) is 0 Å². The summed E-state index contributed by atoms with van der Waals surface area (Å²) in [4.78, 5) is 12.8. The Morgan fingerprint density at radius 3 is 2.26 bits per heavy atom. The van der Waals surface area contributed by atoms with Crippen molar-refractivity contribution in [2.45, 2.75) is 86.3 Å². The van der Waals surface area contributed by atoms with E-state index in [4.69, 9.17) is 9.47 Å². The molecule has 3 nitrogen and oxygen atoms in total. The summed E-state index contributed by atoms with van der Waals surface area (Å²) in [6.07, 6.45) is -8.82. The zero-order valence-corrected chi connectivity index (χ0v) is 18.1. The number of esters is 1. The number of rotatable bonds is 6. The third kappa shape index (κ3) is 4.72. The molecule has 2 aliphatic rings. The van der Waals surface area contributed by atoms with Crippen LogP contribution in [0.5, 0.6) is 5.75 Å². The molecule has 0 saturated heterocycles. The molecule has 2 aliphatic carbocycles. The van der Waals surface area contributed by atoms with Crippen LogP contribution in [0.3, 0.4) is 0 Å². The van der Waals surface area contributed by atoms with Gasteiger partial charge in [-0.1, -0.05) is 6.92 Å². The lowest BCUT2D eigenvalue weighted by Gasteiger charge is -2.48. The maximum Gasteiger partial charge on any atom is 0.352 e. The van der Waals surface area contributed by atoms with E-state index < -0.39 is 48.2 Å². The van der Waals surface area contributed by atoms with Gasteiger partial charge in [-0.05, 0) is 62.3 Å². The van der Waals surface area contributed by atoms with Gasteiger partial charge in [0.05, 0.1) is 6.10 Å². The first-order valence-electron chi connectivity index (χ1n) is 10.6. The minimum Gasteiger partial charge on any atom is -0.424 e. The Kier molecular flexibility index (Phi) is 7.56. The monoisotopic (exact) mass is 466 g/mol. The van der Waals surface area contributed by atoms with Crippen LogP contribution in [0.2, 0.25) is 0 Å². The predicted molar refractivity (Wildman–Crippen MR) is 108 cm³/mol. The summed E-state index contributed by atoms with van der Waals surface area (Å²) in [5.74, 6) is -3.04.